The lowest BCUT2D eigenvalue weighted by Gasteiger charge is -2.06. The van der Waals surface area contributed by atoms with Gasteiger partial charge in [0.15, 0.2) is 0 Å². The summed E-state index contributed by atoms with van der Waals surface area (Å²) in [6.45, 7) is 0. The fraction of sp³-hybridized carbons (Fsp3) is 0. The van der Waals surface area contributed by atoms with Crippen LogP contribution in [0.4, 0.5) is 10.1 Å². The standard InChI is InChI=1S/C19H12FN3O2S/c20-15-8-2-1-7-14(15)17(24)21-13-6-3-5-12(11-13)18-22-23-19(25-18)16-9-4-10-26-16/h1-11H,(H,21,24). The van der Waals surface area contributed by atoms with E-state index < -0.39 is 11.7 Å². The van der Waals surface area contributed by atoms with Crippen LogP contribution in [0.1, 0.15) is 10.4 Å². The molecule has 0 aliphatic heterocycles. The molecule has 0 aliphatic rings. The van der Waals surface area contributed by atoms with Gasteiger partial charge in [-0.05, 0) is 41.8 Å². The van der Waals surface area contributed by atoms with Crippen molar-refractivity contribution in [3.63, 3.8) is 0 Å². The summed E-state index contributed by atoms with van der Waals surface area (Å²) in [5.74, 6) is -0.310. The van der Waals surface area contributed by atoms with Crippen LogP contribution >= 0.6 is 11.3 Å². The molecule has 4 aromatic rings. The number of benzene rings is 2. The van der Waals surface area contributed by atoms with Crippen LogP contribution < -0.4 is 5.32 Å². The highest BCUT2D eigenvalue weighted by molar-refractivity contribution is 7.13. The third-order valence-electron chi connectivity index (χ3n) is 3.64. The maximum atomic E-state index is 13.7. The van der Waals surface area contributed by atoms with Crippen LogP contribution in [-0.4, -0.2) is 16.1 Å². The first-order chi connectivity index (χ1) is 12.7. The van der Waals surface area contributed by atoms with E-state index in [1.165, 1.54) is 29.5 Å². The lowest BCUT2D eigenvalue weighted by Crippen LogP contribution is -2.13. The van der Waals surface area contributed by atoms with Gasteiger partial charge in [0.1, 0.15) is 5.82 Å². The summed E-state index contributed by atoms with van der Waals surface area (Å²) in [7, 11) is 0. The van der Waals surface area contributed by atoms with Crippen molar-refractivity contribution in [3.8, 4) is 22.2 Å². The van der Waals surface area contributed by atoms with Gasteiger partial charge in [-0.25, -0.2) is 4.39 Å². The molecule has 128 valence electrons. The van der Waals surface area contributed by atoms with E-state index in [1.54, 1.807) is 30.3 Å². The van der Waals surface area contributed by atoms with Gasteiger partial charge in [0.05, 0.1) is 10.4 Å². The maximum Gasteiger partial charge on any atom is 0.258 e. The third kappa shape index (κ3) is 3.25. The summed E-state index contributed by atoms with van der Waals surface area (Å²) in [4.78, 5) is 13.1. The summed E-state index contributed by atoms with van der Waals surface area (Å²) >= 11 is 1.51. The number of amides is 1. The quantitative estimate of drug-likeness (QED) is 0.561. The molecular formula is C19H12FN3O2S. The van der Waals surface area contributed by atoms with Crippen molar-refractivity contribution in [2.75, 3.05) is 5.32 Å². The van der Waals surface area contributed by atoms with Crippen LogP contribution in [0.25, 0.3) is 22.2 Å². The van der Waals surface area contributed by atoms with E-state index >= 15 is 0 Å². The molecule has 0 radical (unpaired) electrons. The first-order valence-corrected chi connectivity index (χ1v) is 8.62. The van der Waals surface area contributed by atoms with E-state index in [0.29, 0.717) is 23.0 Å². The molecule has 2 aromatic carbocycles. The second-order valence-electron chi connectivity index (χ2n) is 5.40. The Morgan fingerprint density at radius 1 is 1.00 bits per heavy atom. The molecular weight excluding hydrogens is 353 g/mol. The normalized spacial score (nSPS) is 10.7. The lowest BCUT2D eigenvalue weighted by molar-refractivity contribution is 0.102. The highest BCUT2D eigenvalue weighted by Gasteiger charge is 2.14. The van der Waals surface area contributed by atoms with E-state index in [2.05, 4.69) is 15.5 Å². The summed E-state index contributed by atoms with van der Waals surface area (Å²) in [6, 6.07) is 16.6. The second kappa shape index (κ2) is 6.89. The highest BCUT2D eigenvalue weighted by atomic mass is 32.1. The first kappa shape index (κ1) is 16.2. The molecule has 0 aliphatic carbocycles. The second-order valence-corrected chi connectivity index (χ2v) is 6.35. The van der Waals surface area contributed by atoms with Crippen molar-refractivity contribution >= 4 is 22.9 Å². The molecule has 0 atom stereocenters. The molecule has 0 bridgehead atoms. The monoisotopic (exact) mass is 365 g/mol. The molecule has 5 nitrogen and oxygen atoms in total. The maximum absolute atomic E-state index is 13.7. The minimum Gasteiger partial charge on any atom is -0.415 e. The van der Waals surface area contributed by atoms with Crippen molar-refractivity contribution in [2.24, 2.45) is 0 Å². The third-order valence-corrected chi connectivity index (χ3v) is 4.50. The van der Waals surface area contributed by atoms with Gasteiger partial charge in [-0.2, -0.15) is 0 Å². The van der Waals surface area contributed by atoms with E-state index in [4.69, 9.17) is 4.42 Å². The topological polar surface area (TPSA) is 68.0 Å². The zero-order valence-electron chi connectivity index (χ0n) is 13.3. The molecule has 2 heterocycles. The Kier molecular flexibility index (Phi) is 4.28. The molecule has 0 fully saturated rings. The number of aromatic nitrogens is 2. The number of rotatable bonds is 4. The molecule has 7 heteroatoms. The fourth-order valence-electron chi connectivity index (χ4n) is 2.41. The molecule has 1 N–H and O–H groups in total. The highest BCUT2D eigenvalue weighted by Crippen LogP contribution is 2.28. The first-order valence-electron chi connectivity index (χ1n) is 7.74. The molecule has 0 saturated carbocycles. The van der Waals surface area contributed by atoms with Crippen molar-refractivity contribution < 1.29 is 13.6 Å². The summed E-state index contributed by atoms with van der Waals surface area (Å²) in [5, 5.41) is 12.7. The number of hydrogen-bond acceptors (Lipinski definition) is 5. The molecule has 4 rings (SSSR count). The minimum absolute atomic E-state index is 0.0179. The van der Waals surface area contributed by atoms with E-state index in [0.717, 1.165) is 4.88 Å². The number of nitrogens with zero attached hydrogens (tertiary/aromatic N) is 2. The van der Waals surface area contributed by atoms with Gasteiger partial charge in [0.25, 0.3) is 11.8 Å². The number of carbonyl (C=O) groups is 1. The van der Waals surface area contributed by atoms with Gasteiger partial charge >= 0.3 is 0 Å². The van der Waals surface area contributed by atoms with Crippen molar-refractivity contribution in [1.29, 1.82) is 0 Å². The Labute approximate surface area is 152 Å². The number of anilines is 1. The molecule has 26 heavy (non-hydrogen) atoms. The van der Waals surface area contributed by atoms with Crippen LogP contribution in [0, 0.1) is 5.82 Å². The van der Waals surface area contributed by atoms with Crippen LogP contribution in [0.3, 0.4) is 0 Å². The zero-order valence-corrected chi connectivity index (χ0v) is 14.2. The molecule has 0 saturated heterocycles. The van der Waals surface area contributed by atoms with Gasteiger partial charge in [-0.1, -0.05) is 24.3 Å². The van der Waals surface area contributed by atoms with Gasteiger partial charge < -0.3 is 9.73 Å². The van der Waals surface area contributed by atoms with Gasteiger partial charge in [-0.3, -0.25) is 4.79 Å². The number of nitrogens with one attached hydrogen (secondary N) is 1. The minimum atomic E-state index is -0.571. The SMILES string of the molecule is O=C(Nc1cccc(-c2nnc(-c3cccs3)o2)c1)c1ccccc1F. The molecule has 0 spiro atoms. The zero-order chi connectivity index (χ0) is 17.9. The van der Waals surface area contributed by atoms with Crippen molar-refractivity contribution in [3.05, 3.63) is 77.4 Å². The van der Waals surface area contributed by atoms with Crippen LogP contribution in [-0.2, 0) is 0 Å². The van der Waals surface area contributed by atoms with Crippen molar-refractivity contribution in [1.82, 2.24) is 10.2 Å². The average molecular weight is 365 g/mol. The van der Waals surface area contributed by atoms with E-state index in [1.807, 2.05) is 17.5 Å². The van der Waals surface area contributed by atoms with Gasteiger partial charge in [-0.15, -0.1) is 21.5 Å². The fourth-order valence-corrected chi connectivity index (χ4v) is 3.06. The number of hydrogen-bond donors (Lipinski definition) is 1. The molecule has 1 amide bonds. The molecule has 2 aromatic heterocycles. The Hall–Kier alpha value is -3.32. The van der Waals surface area contributed by atoms with Crippen LogP contribution in [0.15, 0.2) is 70.5 Å². The van der Waals surface area contributed by atoms with Gasteiger partial charge in [0.2, 0.25) is 5.89 Å². The average Bonchev–Trinajstić information content (AvgIpc) is 3.34. The number of halogens is 1. The van der Waals surface area contributed by atoms with Gasteiger partial charge in [0, 0.05) is 11.3 Å². The van der Waals surface area contributed by atoms with Crippen LogP contribution in [0.5, 0.6) is 0 Å². The smallest absolute Gasteiger partial charge is 0.258 e. The predicted molar refractivity (Wildman–Crippen MR) is 97.4 cm³/mol. The van der Waals surface area contributed by atoms with Crippen LogP contribution in [0.2, 0.25) is 0 Å². The van der Waals surface area contributed by atoms with E-state index in [9.17, 15) is 9.18 Å². The van der Waals surface area contributed by atoms with E-state index in [-0.39, 0.29) is 5.56 Å². The Bertz CT molecular complexity index is 1060. The predicted octanol–water partition coefficient (Wildman–Crippen LogP) is 4.86. The summed E-state index contributed by atoms with van der Waals surface area (Å²) in [6.07, 6.45) is 0. The Balaban J connectivity index is 1.57. The summed E-state index contributed by atoms with van der Waals surface area (Å²) in [5.41, 5.74) is 1.15. The lowest BCUT2D eigenvalue weighted by atomic mass is 10.1. The number of thiophene rings is 1. The van der Waals surface area contributed by atoms with Crippen molar-refractivity contribution in [2.45, 2.75) is 0 Å². The Morgan fingerprint density at radius 3 is 2.65 bits per heavy atom. The summed E-state index contributed by atoms with van der Waals surface area (Å²) < 4.78 is 19.4. The largest absolute Gasteiger partial charge is 0.415 e. The Morgan fingerprint density at radius 2 is 1.85 bits per heavy atom. The number of carbonyl (C=O) groups excluding carboxylic acids is 1. The molecule has 0 unspecified atom stereocenters.